The summed E-state index contributed by atoms with van der Waals surface area (Å²) in [6.45, 7) is 3.85. The first kappa shape index (κ1) is 13.2. The van der Waals surface area contributed by atoms with Crippen molar-refractivity contribution in [1.82, 2.24) is 4.98 Å². The van der Waals surface area contributed by atoms with E-state index in [0.717, 1.165) is 12.8 Å². The van der Waals surface area contributed by atoms with Gasteiger partial charge in [0.05, 0.1) is 17.4 Å². The number of nitrogens with one attached hydrogen (secondary N) is 1. The second-order valence-electron chi connectivity index (χ2n) is 3.95. The summed E-state index contributed by atoms with van der Waals surface area (Å²) in [4.78, 5) is 26.2. The van der Waals surface area contributed by atoms with Gasteiger partial charge in [0.2, 0.25) is 5.91 Å². The quantitative estimate of drug-likeness (QED) is 0.821. The van der Waals surface area contributed by atoms with E-state index in [2.05, 4.69) is 10.3 Å². The molecule has 1 amide bonds. The highest BCUT2D eigenvalue weighted by Gasteiger charge is 2.12. The zero-order valence-electron chi connectivity index (χ0n) is 9.93. The van der Waals surface area contributed by atoms with Crippen LogP contribution in [0.4, 0.5) is 5.69 Å². The van der Waals surface area contributed by atoms with Gasteiger partial charge in [0.25, 0.3) is 0 Å². The number of amides is 1. The minimum absolute atomic E-state index is 0.0611. The molecular formula is C12H16N2O3. The molecule has 1 unspecified atom stereocenters. The standard InChI is InChI=1S/C12H16N2O3/c1-3-4-8(2)11(15)14-10-5-9(12(16)17)6-13-7-10/h5-8H,3-4H2,1-2H3,(H,14,15)(H,16,17). The molecule has 0 spiro atoms. The Labute approximate surface area is 99.9 Å². The van der Waals surface area contributed by atoms with Gasteiger partial charge in [-0.3, -0.25) is 9.78 Å². The first-order chi connectivity index (χ1) is 8.04. The van der Waals surface area contributed by atoms with Gasteiger partial charge in [-0.2, -0.15) is 0 Å². The van der Waals surface area contributed by atoms with Gasteiger partial charge >= 0.3 is 5.97 Å². The lowest BCUT2D eigenvalue weighted by molar-refractivity contribution is -0.119. The van der Waals surface area contributed by atoms with Crippen molar-refractivity contribution in [3.63, 3.8) is 0 Å². The number of rotatable bonds is 5. The highest BCUT2D eigenvalue weighted by atomic mass is 16.4. The number of aromatic carboxylic acids is 1. The van der Waals surface area contributed by atoms with Crippen molar-refractivity contribution >= 4 is 17.6 Å². The molecular weight excluding hydrogens is 220 g/mol. The molecule has 1 aromatic heterocycles. The third-order valence-corrected chi connectivity index (χ3v) is 2.42. The fraction of sp³-hybridized carbons (Fsp3) is 0.417. The van der Waals surface area contributed by atoms with Crippen LogP contribution in [0.25, 0.3) is 0 Å². The van der Waals surface area contributed by atoms with Crippen molar-refractivity contribution in [1.29, 1.82) is 0 Å². The molecule has 1 atom stereocenters. The van der Waals surface area contributed by atoms with E-state index >= 15 is 0 Å². The summed E-state index contributed by atoms with van der Waals surface area (Å²) in [5.74, 6) is -1.26. The number of anilines is 1. The number of carbonyl (C=O) groups excluding carboxylic acids is 1. The average Bonchev–Trinajstić information content (AvgIpc) is 2.29. The summed E-state index contributed by atoms with van der Waals surface area (Å²) < 4.78 is 0. The van der Waals surface area contributed by atoms with E-state index in [9.17, 15) is 9.59 Å². The number of carbonyl (C=O) groups is 2. The second-order valence-corrected chi connectivity index (χ2v) is 3.95. The molecule has 0 fully saturated rings. The predicted octanol–water partition coefficient (Wildman–Crippen LogP) is 2.15. The van der Waals surface area contributed by atoms with Crippen molar-refractivity contribution < 1.29 is 14.7 Å². The van der Waals surface area contributed by atoms with Gasteiger partial charge in [-0.05, 0) is 12.5 Å². The summed E-state index contributed by atoms with van der Waals surface area (Å²) in [6.07, 6.45) is 4.41. The summed E-state index contributed by atoms with van der Waals surface area (Å²) in [5.41, 5.74) is 0.476. The topological polar surface area (TPSA) is 79.3 Å². The van der Waals surface area contributed by atoms with Gasteiger partial charge < -0.3 is 10.4 Å². The number of aromatic nitrogens is 1. The van der Waals surface area contributed by atoms with Crippen LogP contribution in [0.15, 0.2) is 18.5 Å². The maximum atomic E-state index is 11.7. The molecule has 5 nitrogen and oxygen atoms in total. The van der Waals surface area contributed by atoms with E-state index in [1.54, 1.807) is 0 Å². The van der Waals surface area contributed by atoms with Crippen LogP contribution in [0, 0.1) is 5.92 Å². The number of pyridine rings is 1. The minimum atomic E-state index is -1.06. The Bertz CT molecular complexity index is 418. The van der Waals surface area contributed by atoms with E-state index in [0.29, 0.717) is 5.69 Å². The Balaban J connectivity index is 2.71. The molecule has 0 saturated carbocycles. The molecule has 17 heavy (non-hydrogen) atoms. The van der Waals surface area contributed by atoms with E-state index in [1.165, 1.54) is 18.5 Å². The first-order valence-electron chi connectivity index (χ1n) is 5.53. The smallest absolute Gasteiger partial charge is 0.337 e. The second kappa shape index (κ2) is 5.98. The van der Waals surface area contributed by atoms with Gasteiger partial charge in [0.15, 0.2) is 0 Å². The summed E-state index contributed by atoms with van der Waals surface area (Å²) >= 11 is 0. The first-order valence-corrected chi connectivity index (χ1v) is 5.53. The molecule has 0 radical (unpaired) electrons. The average molecular weight is 236 g/mol. The SMILES string of the molecule is CCCC(C)C(=O)Nc1cncc(C(=O)O)c1. The van der Waals surface area contributed by atoms with E-state index in [1.807, 2.05) is 13.8 Å². The fourth-order valence-electron chi connectivity index (χ4n) is 1.45. The van der Waals surface area contributed by atoms with Crippen LogP contribution in [0.1, 0.15) is 37.0 Å². The van der Waals surface area contributed by atoms with Crippen LogP contribution < -0.4 is 5.32 Å². The molecule has 0 bridgehead atoms. The number of carboxylic acids is 1. The highest BCUT2D eigenvalue weighted by molar-refractivity contribution is 5.94. The number of hydrogen-bond donors (Lipinski definition) is 2. The lowest BCUT2D eigenvalue weighted by Gasteiger charge is -2.10. The van der Waals surface area contributed by atoms with Crippen molar-refractivity contribution in [3.05, 3.63) is 24.0 Å². The maximum Gasteiger partial charge on any atom is 0.337 e. The normalized spacial score (nSPS) is 11.9. The summed E-state index contributed by atoms with van der Waals surface area (Å²) in [6, 6.07) is 1.39. The molecule has 0 aromatic carbocycles. The van der Waals surface area contributed by atoms with Crippen LogP contribution in [0.3, 0.4) is 0 Å². The van der Waals surface area contributed by atoms with Gasteiger partial charge in [-0.15, -0.1) is 0 Å². The van der Waals surface area contributed by atoms with Crippen molar-refractivity contribution in [3.8, 4) is 0 Å². The van der Waals surface area contributed by atoms with Crippen LogP contribution >= 0.6 is 0 Å². The molecule has 1 aromatic rings. The van der Waals surface area contributed by atoms with Crippen molar-refractivity contribution in [2.24, 2.45) is 5.92 Å². The number of hydrogen-bond acceptors (Lipinski definition) is 3. The fourth-order valence-corrected chi connectivity index (χ4v) is 1.45. The van der Waals surface area contributed by atoms with Gasteiger partial charge in [0, 0.05) is 12.1 Å². The Hall–Kier alpha value is -1.91. The monoisotopic (exact) mass is 236 g/mol. The maximum absolute atomic E-state index is 11.7. The predicted molar refractivity (Wildman–Crippen MR) is 63.9 cm³/mol. The lowest BCUT2D eigenvalue weighted by atomic mass is 10.1. The molecule has 2 N–H and O–H groups in total. The number of carboxylic acid groups (broad SMARTS) is 1. The minimum Gasteiger partial charge on any atom is -0.478 e. The van der Waals surface area contributed by atoms with Crippen LogP contribution in [-0.2, 0) is 4.79 Å². The zero-order chi connectivity index (χ0) is 12.8. The molecule has 92 valence electrons. The Morgan fingerprint density at radius 2 is 2.18 bits per heavy atom. The lowest BCUT2D eigenvalue weighted by Crippen LogP contribution is -2.20. The van der Waals surface area contributed by atoms with Crippen LogP contribution in [0.2, 0.25) is 0 Å². The Morgan fingerprint density at radius 3 is 2.76 bits per heavy atom. The van der Waals surface area contributed by atoms with E-state index in [-0.39, 0.29) is 17.4 Å². The number of nitrogens with zero attached hydrogens (tertiary/aromatic N) is 1. The molecule has 0 aliphatic rings. The third kappa shape index (κ3) is 3.86. The summed E-state index contributed by atoms with van der Waals surface area (Å²) in [7, 11) is 0. The Kier molecular flexibility index (Phi) is 4.63. The molecule has 5 heteroatoms. The van der Waals surface area contributed by atoms with Crippen molar-refractivity contribution in [2.75, 3.05) is 5.32 Å². The van der Waals surface area contributed by atoms with Crippen LogP contribution in [0.5, 0.6) is 0 Å². The molecule has 0 aliphatic heterocycles. The van der Waals surface area contributed by atoms with E-state index < -0.39 is 5.97 Å². The molecule has 0 aliphatic carbocycles. The van der Waals surface area contributed by atoms with Gasteiger partial charge in [0.1, 0.15) is 0 Å². The molecule has 1 rings (SSSR count). The summed E-state index contributed by atoms with van der Waals surface area (Å²) in [5, 5.41) is 11.4. The molecule has 1 heterocycles. The highest BCUT2D eigenvalue weighted by Crippen LogP contribution is 2.12. The van der Waals surface area contributed by atoms with Crippen LogP contribution in [-0.4, -0.2) is 22.0 Å². The largest absolute Gasteiger partial charge is 0.478 e. The van der Waals surface area contributed by atoms with Gasteiger partial charge in [-0.1, -0.05) is 20.3 Å². The van der Waals surface area contributed by atoms with E-state index in [4.69, 9.17) is 5.11 Å². The van der Waals surface area contributed by atoms with Crippen molar-refractivity contribution in [2.45, 2.75) is 26.7 Å². The Morgan fingerprint density at radius 1 is 1.47 bits per heavy atom. The zero-order valence-corrected chi connectivity index (χ0v) is 9.93. The molecule has 0 saturated heterocycles. The van der Waals surface area contributed by atoms with Gasteiger partial charge in [-0.25, -0.2) is 4.79 Å². The third-order valence-electron chi connectivity index (χ3n) is 2.42.